The molecule has 2 heterocycles. The molecule has 1 aromatic rings. The Morgan fingerprint density at radius 1 is 1.13 bits per heavy atom. The third-order valence-electron chi connectivity index (χ3n) is 10.3. The number of carbonyl (C=O) groups excluding carboxylic acids is 1. The molecule has 2 saturated heterocycles. The lowest BCUT2D eigenvalue weighted by Crippen LogP contribution is -2.78. The number of rotatable bonds is 10. The smallest absolute Gasteiger partial charge is 0.411 e. The maximum absolute atomic E-state index is 13.6. The molecule has 6 fully saturated rings. The summed E-state index contributed by atoms with van der Waals surface area (Å²) in [6.07, 6.45) is -9.84. The molecule has 6 aliphatic rings. The summed E-state index contributed by atoms with van der Waals surface area (Å²) in [5.74, 6) is -7.82. The van der Waals surface area contributed by atoms with Crippen LogP contribution in [-0.2, 0) is 34.6 Å². The number of hydrogen-bond donors (Lipinski definition) is 6. The van der Waals surface area contributed by atoms with Crippen LogP contribution in [0.1, 0.15) is 51.0 Å². The van der Waals surface area contributed by atoms with E-state index in [2.05, 4.69) is 5.32 Å². The minimum absolute atomic E-state index is 0.0434. The van der Waals surface area contributed by atoms with Crippen molar-refractivity contribution in [1.29, 1.82) is 0 Å². The van der Waals surface area contributed by atoms with Crippen LogP contribution in [0.25, 0.3) is 0 Å². The lowest BCUT2D eigenvalue weighted by Gasteiger charge is -2.70. The first kappa shape index (κ1) is 34.6. The largest absolute Gasteiger partial charge is 0.476 e. The van der Waals surface area contributed by atoms with Crippen molar-refractivity contribution in [3.8, 4) is 5.75 Å². The van der Waals surface area contributed by atoms with Crippen LogP contribution in [0.2, 0.25) is 0 Å². The molecule has 17 heteroatoms. The molecule has 4 bridgehead atoms. The lowest BCUT2D eigenvalue weighted by atomic mass is 9.46. The molecular weight excluding hydrogens is 659 g/mol. The van der Waals surface area contributed by atoms with Gasteiger partial charge in [0.2, 0.25) is 5.91 Å². The summed E-state index contributed by atoms with van der Waals surface area (Å²) in [7, 11) is 0. The molecule has 4 aliphatic carbocycles. The number of carbonyl (C=O) groups is 2. The zero-order valence-corrected chi connectivity index (χ0v) is 25.9. The summed E-state index contributed by atoms with van der Waals surface area (Å²) in [4.78, 5) is 35.4. The molecule has 7 rings (SSSR count). The second-order valence-corrected chi connectivity index (χ2v) is 14.3. The molecule has 1 aromatic carbocycles. The summed E-state index contributed by atoms with van der Waals surface area (Å²) < 4.78 is 58.1. The zero-order valence-electron chi connectivity index (χ0n) is 25.2. The Bertz CT molecular complexity index is 1370. The molecule has 9 unspecified atom stereocenters. The third-order valence-corrected chi connectivity index (χ3v) is 10.7. The average Bonchev–Trinajstić information content (AvgIpc) is 2.96. The summed E-state index contributed by atoms with van der Waals surface area (Å²) in [5.41, 5.74) is -1.28. The fraction of sp³-hybridized carbons (Fsp3) is 0.733. The van der Waals surface area contributed by atoms with Crippen molar-refractivity contribution in [2.75, 3.05) is 13.2 Å². The summed E-state index contributed by atoms with van der Waals surface area (Å²) in [5, 5.41) is 53.8. The number of alkyl halides is 4. The number of amides is 1. The van der Waals surface area contributed by atoms with Crippen LogP contribution in [0, 0.1) is 17.8 Å². The minimum Gasteiger partial charge on any atom is -0.476 e. The number of ether oxygens (including phenoxy) is 3. The van der Waals surface area contributed by atoms with Gasteiger partial charge in [-0.15, -0.1) is 11.6 Å². The van der Waals surface area contributed by atoms with Gasteiger partial charge in [-0.3, -0.25) is 4.79 Å². The predicted molar refractivity (Wildman–Crippen MR) is 150 cm³/mol. The highest BCUT2D eigenvalue weighted by molar-refractivity contribution is 6.24. The second kappa shape index (κ2) is 11.9. The molecule has 47 heavy (non-hydrogen) atoms. The van der Waals surface area contributed by atoms with E-state index in [1.807, 2.05) is 0 Å². The van der Waals surface area contributed by atoms with Crippen LogP contribution in [0.4, 0.5) is 13.2 Å². The van der Waals surface area contributed by atoms with Crippen molar-refractivity contribution < 1.29 is 72.3 Å². The van der Waals surface area contributed by atoms with Crippen molar-refractivity contribution in [3.63, 3.8) is 0 Å². The van der Waals surface area contributed by atoms with Crippen molar-refractivity contribution in [1.82, 2.24) is 5.32 Å². The maximum atomic E-state index is 13.6. The van der Waals surface area contributed by atoms with E-state index < -0.39 is 90.2 Å². The fourth-order valence-electron chi connectivity index (χ4n) is 8.62. The molecule has 0 radical (unpaired) electrons. The molecule has 2 aliphatic heterocycles. The van der Waals surface area contributed by atoms with Crippen molar-refractivity contribution in [3.05, 3.63) is 29.8 Å². The van der Waals surface area contributed by atoms with Crippen LogP contribution in [0.3, 0.4) is 0 Å². The highest BCUT2D eigenvalue weighted by Crippen LogP contribution is 2.71. The van der Waals surface area contributed by atoms with Crippen LogP contribution in [-0.4, -0.2) is 104 Å². The van der Waals surface area contributed by atoms with E-state index in [0.717, 1.165) is 13.3 Å². The summed E-state index contributed by atoms with van der Waals surface area (Å²) in [6.45, 7) is -1.54. The fourth-order valence-corrected chi connectivity index (χ4v) is 9.21. The Morgan fingerprint density at radius 3 is 2.34 bits per heavy atom. The molecule has 6 N–H and O–H groups in total. The first-order chi connectivity index (χ1) is 22.0. The van der Waals surface area contributed by atoms with E-state index >= 15 is 0 Å². The van der Waals surface area contributed by atoms with Crippen molar-refractivity contribution >= 4 is 23.5 Å². The number of aliphatic hydroxyl groups is 4. The van der Waals surface area contributed by atoms with Gasteiger partial charge in [-0.1, -0.05) is 12.1 Å². The van der Waals surface area contributed by atoms with Crippen LogP contribution >= 0.6 is 11.6 Å². The third kappa shape index (κ3) is 5.78. The summed E-state index contributed by atoms with van der Waals surface area (Å²) in [6, 6.07) is 3.93. The van der Waals surface area contributed by atoms with E-state index in [0.29, 0.717) is 25.7 Å². The van der Waals surface area contributed by atoms with E-state index in [4.69, 9.17) is 35.6 Å². The molecule has 1 amide bonds. The van der Waals surface area contributed by atoms with Crippen molar-refractivity contribution in [2.45, 2.75) is 104 Å². The highest BCUT2D eigenvalue weighted by atomic mass is 35.5. The average molecular weight is 696 g/mol. The molecule has 4 saturated carbocycles. The summed E-state index contributed by atoms with van der Waals surface area (Å²) >= 11 is 6.92. The Labute approximate surface area is 271 Å². The topological polar surface area (TPSA) is 193 Å². The Balaban J connectivity index is 1.36. The van der Waals surface area contributed by atoms with Gasteiger partial charge in [0.25, 0.3) is 5.79 Å². The van der Waals surface area contributed by atoms with Gasteiger partial charge in [0, 0.05) is 17.4 Å². The van der Waals surface area contributed by atoms with Crippen LogP contribution in [0.5, 0.6) is 5.75 Å². The SMILES string of the molecule is CC(=O)NC1C(O)CC(Oc2cccc(C3(OCC(F)(F)F)OOC34C3CC5CC4CC(Cl)(C5)C3)c2)(C(=O)O)OC1C(O)C(O)CO. The molecule has 9 atom stereocenters. The van der Waals surface area contributed by atoms with Gasteiger partial charge in [0.05, 0.1) is 25.2 Å². The van der Waals surface area contributed by atoms with Gasteiger partial charge >= 0.3 is 17.9 Å². The monoisotopic (exact) mass is 695 g/mol. The quantitative estimate of drug-likeness (QED) is 0.153. The number of benzene rings is 1. The molecule has 0 aromatic heterocycles. The Kier molecular flexibility index (Phi) is 8.79. The van der Waals surface area contributed by atoms with Crippen LogP contribution in [0.15, 0.2) is 24.3 Å². The van der Waals surface area contributed by atoms with Gasteiger partial charge in [0.1, 0.15) is 30.7 Å². The first-order valence-electron chi connectivity index (χ1n) is 15.4. The van der Waals surface area contributed by atoms with Gasteiger partial charge in [-0.25, -0.2) is 9.68 Å². The van der Waals surface area contributed by atoms with E-state index in [1.54, 1.807) is 0 Å². The molecule has 1 spiro atoms. The molecular formula is C30H37ClF3NO12. The lowest BCUT2D eigenvalue weighted by molar-refractivity contribution is -0.650. The second-order valence-electron chi connectivity index (χ2n) is 13.5. The number of aliphatic carboxylic acids is 1. The predicted octanol–water partition coefficient (Wildman–Crippen LogP) is 1.46. The van der Waals surface area contributed by atoms with E-state index in [-0.39, 0.29) is 29.1 Å². The number of hydrogen-bond acceptors (Lipinski definition) is 11. The molecule has 13 nitrogen and oxygen atoms in total. The number of aliphatic hydroxyl groups excluding tert-OH is 4. The maximum Gasteiger partial charge on any atom is 0.411 e. The normalized spacial score (nSPS) is 42.1. The highest BCUT2D eigenvalue weighted by Gasteiger charge is 2.79. The van der Waals surface area contributed by atoms with E-state index in [1.165, 1.54) is 24.3 Å². The van der Waals surface area contributed by atoms with E-state index in [9.17, 15) is 48.3 Å². The zero-order chi connectivity index (χ0) is 34.2. The Hall–Kier alpha value is -2.28. The Morgan fingerprint density at radius 2 is 1.81 bits per heavy atom. The number of nitrogens with one attached hydrogen (secondary N) is 1. The minimum atomic E-state index is -4.74. The standard InChI is InChI=1S/C30H37ClF3NO12/c1-14(37)35-22-20(38)11-27(25(41)42,45-24(22)23(40)21(39)12-36)44-19-4-2-3-16(7-19)30(43-13-28(32,33)34)29(46-47-30)17-5-15-6-18(29)10-26(31,8-15)9-17/h2-4,7,15,17-18,20-24,36,38-40H,5-6,8-13H2,1H3,(H,35,37)(H,41,42). The molecule has 262 valence electrons. The van der Waals surface area contributed by atoms with Gasteiger partial charge in [-0.05, 0) is 62.0 Å². The van der Waals surface area contributed by atoms with Gasteiger partial charge in [0.15, 0.2) is 5.60 Å². The number of carboxylic acid groups (broad SMARTS) is 1. The first-order valence-corrected chi connectivity index (χ1v) is 15.7. The van der Waals surface area contributed by atoms with Crippen LogP contribution < -0.4 is 10.1 Å². The van der Waals surface area contributed by atoms with Gasteiger partial charge < -0.3 is 45.1 Å². The number of carboxylic acids is 1. The van der Waals surface area contributed by atoms with Gasteiger partial charge in [-0.2, -0.15) is 18.1 Å². The van der Waals surface area contributed by atoms with Crippen molar-refractivity contribution in [2.24, 2.45) is 17.8 Å². The number of halogens is 4.